The Hall–Kier alpha value is -2.95. The standard InChI is InChI=1S/C22H21Cl2N3O6S/c23-17-9-8-14(11-18(17)24)5-4-10-25-21(30)16-12-27(22(31)20(16)29)13-19(28)26-34(32,33)15-6-2-1-3-7-15/h1-3,6-9,11,16H,4-5,10,12-13H2,(H,25,30)(H,26,28). The maximum absolute atomic E-state index is 12.4. The third-order valence-electron chi connectivity index (χ3n) is 5.10. The van der Waals surface area contributed by atoms with Crippen LogP contribution in [0, 0.1) is 5.92 Å². The molecule has 34 heavy (non-hydrogen) atoms. The lowest BCUT2D eigenvalue weighted by atomic mass is 10.1. The van der Waals surface area contributed by atoms with E-state index in [4.69, 9.17) is 23.2 Å². The lowest BCUT2D eigenvalue weighted by Crippen LogP contribution is -2.41. The van der Waals surface area contributed by atoms with E-state index in [1.807, 2.05) is 10.8 Å². The molecule has 0 radical (unpaired) electrons. The van der Waals surface area contributed by atoms with Crippen molar-refractivity contribution in [3.63, 3.8) is 0 Å². The van der Waals surface area contributed by atoms with Crippen molar-refractivity contribution in [1.29, 1.82) is 0 Å². The summed E-state index contributed by atoms with van der Waals surface area (Å²) in [5.41, 5.74) is 0.929. The first kappa shape index (κ1) is 25.7. The molecule has 1 unspecified atom stereocenters. The number of hydrogen-bond acceptors (Lipinski definition) is 6. The second-order valence-electron chi connectivity index (χ2n) is 7.59. The second-order valence-corrected chi connectivity index (χ2v) is 10.1. The second kappa shape index (κ2) is 11.0. The highest BCUT2D eigenvalue weighted by molar-refractivity contribution is 7.90. The van der Waals surface area contributed by atoms with Gasteiger partial charge in [0, 0.05) is 13.1 Å². The zero-order valence-electron chi connectivity index (χ0n) is 17.8. The normalized spacial score (nSPS) is 15.9. The quantitative estimate of drug-likeness (QED) is 0.290. The lowest BCUT2D eigenvalue weighted by molar-refractivity contribution is -0.143. The fourth-order valence-electron chi connectivity index (χ4n) is 3.37. The van der Waals surface area contributed by atoms with Crippen LogP contribution in [0.15, 0.2) is 53.4 Å². The molecule has 1 saturated heterocycles. The molecule has 0 spiro atoms. The molecule has 12 heteroatoms. The minimum absolute atomic E-state index is 0.120. The Morgan fingerprint density at radius 2 is 1.74 bits per heavy atom. The van der Waals surface area contributed by atoms with Gasteiger partial charge in [0.2, 0.25) is 11.7 Å². The zero-order chi connectivity index (χ0) is 24.9. The van der Waals surface area contributed by atoms with Crippen LogP contribution in [-0.2, 0) is 35.6 Å². The number of Topliss-reactive ketones (excluding diaryl/α,β-unsaturated/α-hetero) is 1. The summed E-state index contributed by atoms with van der Waals surface area (Å²) in [7, 11) is -4.12. The number of nitrogens with one attached hydrogen (secondary N) is 2. The largest absolute Gasteiger partial charge is 0.355 e. The number of nitrogens with zero attached hydrogens (tertiary/aromatic N) is 1. The van der Waals surface area contributed by atoms with E-state index in [0.29, 0.717) is 22.9 Å². The van der Waals surface area contributed by atoms with Gasteiger partial charge in [0.05, 0.1) is 14.9 Å². The first-order valence-corrected chi connectivity index (χ1v) is 12.5. The number of aryl methyl sites for hydroxylation is 1. The molecule has 1 fully saturated rings. The van der Waals surface area contributed by atoms with Gasteiger partial charge in [0.25, 0.3) is 21.8 Å². The van der Waals surface area contributed by atoms with Crippen molar-refractivity contribution in [1.82, 2.24) is 14.9 Å². The molecule has 1 heterocycles. The van der Waals surface area contributed by atoms with Gasteiger partial charge in [-0.1, -0.05) is 47.5 Å². The molecule has 0 aromatic heterocycles. The van der Waals surface area contributed by atoms with Crippen LogP contribution in [0.1, 0.15) is 12.0 Å². The van der Waals surface area contributed by atoms with Gasteiger partial charge in [0.15, 0.2) is 0 Å². The summed E-state index contributed by atoms with van der Waals surface area (Å²) in [6, 6.07) is 12.4. The number of carbonyl (C=O) groups is 4. The molecule has 3 rings (SSSR count). The minimum atomic E-state index is -4.12. The third-order valence-corrected chi connectivity index (χ3v) is 7.22. The summed E-state index contributed by atoms with van der Waals surface area (Å²) in [5, 5.41) is 3.48. The van der Waals surface area contributed by atoms with Crippen molar-refractivity contribution in [2.75, 3.05) is 19.6 Å². The Labute approximate surface area is 206 Å². The van der Waals surface area contributed by atoms with Crippen molar-refractivity contribution in [2.45, 2.75) is 17.7 Å². The van der Waals surface area contributed by atoms with E-state index in [-0.39, 0.29) is 18.0 Å². The number of amides is 3. The van der Waals surface area contributed by atoms with Crippen LogP contribution in [-0.4, -0.2) is 56.5 Å². The van der Waals surface area contributed by atoms with E-state index in [2.05, 4.69) is 5.32 Å². The third kappa shape index (κ3) is 6.34. The Bertz CT molecular complexity index is 1220. The molecule has 2 N–H and O–H groups in total. The zero-order valence-corrected chi connectivity index (χ0v) is 20.1. The van der Waals surface area contributed by atoms with E-state index in [9.17, 15) is 27.6 Å². The Morgan fingerprint density at radius 1 is 1.03 bits per heavy atom. The number of sulfonamides is 1. The summed E-state index contributed by atoms with van der Waals surface area (Å²) in [4.78, 5) is 49.8. The summed E-state index contributed by atoms with van der Waals surface area (Å²) in [6.45, 7) is -0.723. The van der Waals surface area contributed by atoms with Crippen molar-refractivity contribution in [3.8, 4) is 0 Å². The lowest BCUT2D eigenvalue weighted by Gasteiger charge is -2.15. The SMILES string of the molecule is O=C(CN1CC(C(=O)NCCCc2ccc(Cl)c(Cl)c2)C(=O)C1=O)NS(=O)(=O)c1ccccc1. The van der Waals surface area contributed by atoms with Crippen LogP contribution in [0.4, 0.5) is 0 Å². The smallest absolute Gasteiger partial charge is 0.291 e. The van der Waals surface area contributed by atoms with Gasteiger partial charge < -0.3 is 10.2 Å². The van der Waals surface area contributed by atoms with Gasteiger partial charge in [0.1, 0.15) is 12.5 Å². The van der Waals surface area contributed by atoms with Gasteiger partial charge >= 0.3 is 0 Å². The number of hydrogen-bond donors (Lipinski definition) is 2. The maximum Gasteiger partial charge on any atom is 0.291 e. The minimum Gasteiger partial charge on any atom is -0.355 e. The first-order chi connectivity index (χ1) is 16.1. The number of carbonyl (C=O) groups excluding carboxylic acids is 4. The van der Waals surface area contributed by atoms with Gasteiger partial charge in [-0.15, -0.1) is 0 Å². The predicted molar refractivity (Wildman–Crippen MR) is 125 cm³/mol. The van der Waals surface area contributed by atoms with Crippen molar-refractivity contribution < 1.29 is 27.6 Å². The van der Waals surface area contributed by atoms with Crippen LogP contribution < -0.4 is 10.0 Å². The van der Waals surface area contributed by atoms with Crippen LogP contribution in [0.2, 0.25) is 10.0 Å². The monoisotopic (exact) mass is 525 g/mol. The van der Waals surface area contributed by atoms with E-state index in [1.165, 1.54) is 24.3 Å². The maximum atomic E-state index is 12.4. The predicted octanol–water partition coefficient (Wildman–Crippen LogP) is 1.57. The molecule has 1 aliphatic heterocycles. The van der Waals surface area contributed by atoms with Crippen LogP contribution in [0.5, 0.6) is 0 Å². The molecule has 0 aliphatic carbocycles. The number of rotatable bonds is 9. The molecule has 0 saturated carbocycles. The molecule has 2 aromatic rings. The fourth-order valence-corrected chi connectivity index (χ4v) is 4.68. The highest BCUT2D eigenvalue weighted by Crippen LogP contribution is 2.23. The molecule has 0 bridgehead atoms. The van der Waals surface area contributed by atoms with Crippen molar-refractivity contribution in [2.24, 2.45) is 5.92 Å². The highest BCUT2D eigenvalue weighted by Gasteiger charge is 2.43. The topological polar surface area (TPSA) is 130 Å². The van der Waals surface area contributed by atoms with Crippen molar-refractivity contribution >= 4 is 56.7 Å². The average molecular weight is 526 g/mol. The molecule has 1 aliphatic rings. The van der Waals surface area contributed by atoms with Crippen LogP contribution >= 0.6 is 23.2 Å². The van der Waals surface area contributed by atoms with Gasteiger partial charge in [-0.2, -0.15) is 0 Å². The van der Waals surface area contributed by atoms with Gasteiger partial charge in [-0.3, -0.25) is 19.2 Å². The molecule has 9 nitrogen and oxygen atoms in total. The molecule has 180 valence electrons. The van der Waals surface area contributed by atoms with E-state index in [1.54, 1.807) is 18.2 Å². The Morgan fingerprint density at radius 3 is 2.41 bits per heavy atom. The fraction of sp³-hybridized carbons (Fsp3) is 0.273. The van der Waals surface area contributed by atoms with Gasteiger partial charge in [-0.25, -0.2) is 13.1 Å². The summed E-state index contributed by atoms with van der Waals surface area (Å²) < 4.78 is 26.3. The van der Waals surface area contributed by atoms with Crippen LogP contribution in [0.25, 0.3) is 0 Å². The molecular formula is C22H21Cl2N3O6S. The van der Waals surface area contributed by atoms with Gasteiger partial charge in [-0.05, 0) is 42.7 Å². The first-order valence-electron chi connectivity index (χ1n) is 10.2. The average Bonchev–Trinajstić information content (AvgIpc) is 3.07. The molecule has 2 aromatic carbocycles. The van der Waals surface area contributed by atoms with Crippen LogP contribution in [0.3, 0.4) is 0 Å². The van der Waals surface area contributed by atoms with Crippen molar-refractivity contribution in [3.05, 3.63) is 64.1 Å². The Balaban J connectivity index is 1.49. The van der Waals surface area contributed by atoms with E-state index < -0.39 is 46.0 Å². The van der Waals surface area contributed by atoms with E-state index in [0.717, 1.165) is 10.5 Å². The number of halogens is 2. The number of likely N-dealkylation sites (tertiary alicyclic amines) is 1. The molecule has 3 amide bonds. The Kier molecular flexibility index (Phi) is 8.29. The summed E-state index contributed by atoms with van der Waals surface area (Å²) in [6.07, 6.45) is 1.17. The summed E-state index contributed by atoms with van der Waals surface area (Å²) >= 11 is 11.8. The number of ketones is 1. The summed E-state index contributed by atoms with van der Waals surface area (Å²) in [5.74, 6) is -4.85. The molecular weight excluding hydrogens is 505 g/mol. The van der Waals surface area contributed by atoms with E-state index >= 15 is 0 Å². The number of benzene rings is 2. The highest BCUT2D eigenvalue weighted by atomic mass is 35.5. The molecule has 1 atom stereocenters.